The highest BCUT2D eigenvalue weighted by Crippen LogP contribution is 2.11. The number of carbonyl (C=O) groups excluding carboxylic acids is 1. The molecule has 0 fully saturated rings. The Bertz CT molecular complexity index is 362. The van der Waals surface area contributed by atoms with Gasteiger partial charge in [-0.15, -0.1) is 0 Å². The maximum atomic E-state index is 10.9. The zero-order chi connectivity index (χ0) is 13.4. The van der Waals surface area contributed by atoms with Gasteiger partial charge in [-0.1, -0.05) is 32.6 Å². The number of aromatic nitrogens is 1. The van der Waals surface area contributed by atoms with Crippen molar-refractivity contribution in [1.82, 2.24) is 4.98 Å². The number of amides is 1. The number of unbranched alkanes of at least 4 members (excludes halogenated alkanes) is 3. The number of rotatable bonds is 8. The van der Waals surface area contributed by atoms with Gasteiger partial charge in [0.05, 0.1) is 5.56 Å². The van der Waals surface area contributed by atoms with Crippen LogP contribution in [-0.2, 0) is 0 Å². The van der Waals surface area contributed by atoms with Crippen LogP contribution in [0.2, 0.25) is 0 Å². The van der Waals surface area contributed by atoms with Crippen LogP contribution in [0.3, 0.4) is 0 Å². The maximum Gasteiger partial charge on any atom is 0.250 e. The second-order valence-corrected chi connectivity index (χ2v) is 4.69. The minimum Gasteiger partial charge on any atom is -0.368 e. The summed E-state index contributed by atoms with van der Waals surface area (Å²) in [6, 6.07) is 3.89. The van der Waals surface area contributed by atoms with Crippen molar-refractivity contribution < 1.29 is 4.79 Å². The van der Waals surface area contributed by atoms with Crippen molar-refractivity contribution in [1.29, 1.82) is 0 Å². The maximum absolute atomic E-state index is 10.9. The quantitative estimate of drug-likeness (QED) is 0.696. The minimum atomic E-state index is -0.443. The van der Waals surface area contributed by atoms with Crippen LogP contribution >= 0.6 is 0 Å². The fourth-order valence-corrected chi connectivity index (χ4v) is 1.83. The molecule has 0 radical (unpaired) electrons. The van der Waals surface area contributed by atoms with Crippen molar-refractivity contribution in [2.75, 3.05) is 5.32 Å². The lowest BCUT2D eigenvalue weighted by atomic mass is 10.1. The van der Waals surface area contributed by atoms with Crippen molar-refractivity contribution in [3.05, 3.63) is 23.9 Å². The molecule has 0 aliphatic rings. The Morgan fingerprint density at radius 2 is 2.17 bits per heavy atom. The van der Waals surface area contributed by atoms with Crippen molar-refractivity contribution in [2.45, 2.75) is 52.0 Å². The van der Waals surface area contributed by atoms with Crippen LogP contribution in [0.1, 0.15) is 56.3 Å². The number of pyridine rings is 1. The molecule has 0 aliphatic carbocycles. The molecule has 1 aromatic rings. The molecule has 1 heterocycles. The first-order valence-corrected chi connectivity index (χ1v) is 6.66. The van der Waals surface area contributed by atoms with Crippen molar-refractivity contribution in [2.24, 2.45) is 5.73 Å². The molecule has 0 saturated carbocycles. The predicted octanol–water partition coefficient (Wildman–Crippen LogP) is 2.95. The van der Waals surface area contributed by atoms with Crippen LogP contribution in [0.4, 0.5) is 5.82 Å². The van der Waals surface area contributed by atoms with E-state index < -0.39 is 5.91 Å². The van der Waals surface area contributed by atoms with Gasteiger partial charge in [0.15, 0.2) is 0 Å². The Labute approximate surface area is 109 Å². The normalized spacial score (nSPS) is 12.1. The van der Waals surface area contributed by atoms with Gasteiger partial charge in [-0.2, -0.15) is 0 Å². The molecule has 18 heavy (non-hydrogen) atoms. The molecule has 4 nitrogen and oxygen atoms in total. The van der Waals surface area contributed by atoms with E-state index in [1.165, 1.54) is 31.9 Å². The summed E-state index contributed by atoms with van der Waals surface area (Å²) in [6.07, 6.45) is 7.74. The summed E-state index contributed by atoms with van der Waals surface area (Å²) < 4.78 is 0. The molecule has 1 rings (SSSR count). The van der Waals surface area contributed by atoms with Crippen LogP contribution in [0, 0.1) is 0 Å². The number of carbonyl (C=O) groups is 1. The number of primary amides is 1. The lowest BCUT2D eigenvalue weighted by Gasteiger charge is -2.14. The van der Waals surface area contributed by atoms with E-state index >= 15 is 0 Å². The Morgan fingerprint density at radius 1 is 1.39 bits per heavy atom. The zero-order valence-corrected chi connectivity index (χ0v) is 11.3. The summed E-state index contributed by atoms with van der Waals surface area (Å²) in [5.74, 6) is 0.352. The third-order valence-corrected chi connectivity index (χ3v) is 2.93. The summed E-state index contributed by atoms with van der Waals surface area (Å²) in [4.78, 5) is 15.1. The topological polar surface area (TPSA) is 68.0 Å². The number of hydrogen-bond acceptors (Lipinski definition) is 3. The van der Waals surface area contributed by atoms with Crippen LogP contribution in [0.15, 0.2) is 18.3 Å². The van der Waals surface area contributed by atoms with E-state index in [0.29, 0.717) is 11.6 Å². The van der Waals surface area contributed by atoms with Crippen LogP contribution in [-0.4, -0.2) is 16.9 Å². The van der Waals surface area contributed by atoms with Crippen LogP contribution in [0.5, 0.6) is 0 Å². The highest BCUT2D eigenvalue weighted by molar-refractivity contribution is 5.92. The molecule has 1 amide bonds. The van der Waals surface area contributed by atoms with Crippen molar-refractivity contribution >= 4 is 11.7 Å². The third kappa shape index (κ3) is 5.17. The van der Waals surface area contributed by atoms with Crippen molar-refractivity contribution in [3.8, 4) is 0 Å². The summed E-state index contributed by atoms with van der Waals surface area (Å²) in [7, 11) is 0. The number of nitrogens with two attached hydrogens (primary N) is 1. The third-order valence-electron chi connectivity index (χ3n) is 2.93. The van der Waals surface area contributed by atoms with Gasteiger partial charge >= 0.3 is 0 Å². The van der Waals surface area contributed by atoms with E-state index in [2.05, 4.69) is 24.1 Å². The van der Waals surface area contributed by atoms with E-state index in [4.69, 9.17) is 5.73 Å². The Morgan fingerprint density at radius 3 is 2.72 bits per heavy atom. The molecule has 1 unspecified atom stereocenters. The molecule has 4 heteroatoms. The minimum absolute atomic E-state index is 0.397. The number of nitrogens with one attached hydrogen (secondary N) is 1. The second kappa shape index (κ2) is 7.69. The van der Waals surface area contributed by atoms with Gasteiger partial charge in [-0.25, -0.2) is 4.98 Å². The standard InChI is InChI=1S/C14H23N3O/c1-3-4-5-6-7-11(2)17-13-9-8-12(10-16-13)14(15)18/h8-11H,3-7H2,1-2H3,(H2,15,18)(H,16,17). The smallest absolute Gasteiger partial charge is 0.250 e. The summed E-state index contributed by atoms with van der Waals surface area (Å²) >= 11 is 0. The van der Waals surface area contributed by atoms with Crippen LogP contribution < -0.4 is 11.1 Å². The molecule has 0 aliphatic heterocycles. The van der Waals surface area contributed by atoms with Gasteiger partial charge < -0.3 is 11.1 Å². The monoisotopic (exact) mass is 249 g/mol. The van der Waals surface area contributed by atoms with Crippen LogP contribution in [0.25, 0.3) is 0 Å². The molecule has 0 spiro atoms. The highest BCUT2D eigenvalue weighted by Gasteiger charge is 2.04. The highest BCUT2D eigenvalue weighted by atomic mass is 16.1. The van der Waals surface area contributed by atoms with E-state index in [0.717, 1.165) is 12.2 Å². The first kappa shape index (κ1) is 14.5. The van der Waals surface area contributed by atoms with Gasteiger partial charge in [0.25, 0.3) is 0 Å². The summed E-state index contributed by atoms with van der Waals surface area (Å²) in [5.41, 5.74) is 5.60. The van der Waals surface area contributed by atoms with E-state index in [1.54, 1.807) is 12.1 Å². The summed E-state index contributed by atoms with van der Waals surface area (Å²) in [5, 5.41) is 3.32. The molecular formula is C14H23N3O. The first-order valence-electron chi connectivity index (χ1n) is 6.66. The molecule has 100 valence electrons. The zero-order valence-electron chi connectivity index (χ0n) is 11.3. The molecule has 3 N–H and O–H groups in total. The second-order valence-electron chi connectivity index (χ2n) is 4.69. The Kier molecular flexibility index (Phi) is 6.19. The predicted molar refractivity (Wildman–Crippen MR) is 74.6 cm³/mol. The summed E-state index contributed by atoms with van der Waals surface area (Å²) in [6.45, 7) is 4.36. The molecule has 1 aromatic heterocycles. The lowest BCUT2D eigenvalue weighted by Crippen LogP contribution is -2.16. The molecule has 1 atom stereocenters. The van der Waals surface area contributed by atoms with E-state index in [1.807, 2.05) is 0 Å². The first-order chi connectivity index (χ1) is 8.63. The van der Waals surface area contributed by atoms with E-state index in [9.17, 15) is 4.79 Å². The molecule has 0 saturated heterocycles. The van der Waals surface area contributed by atoms with Gasteiger partial charge in [-0.3, -0.25) is 4.79 Å². The lowest BCUT2D eigenvalue weighted by molar-refractivity contribution is 0.1000. The van der Waals surface area contributed by atoms with Gasteiger partial charge in [0.1, 0.15) is 5.82 Å². The van der Waals surface area contributed by atoms with Gasteiger partial charge in [0, 0.05) is 12.2 Å². The largest absolute Gasteiger partial charge is 0.368 e. The molecular weight excluding hydrogens is 226 g/mol. The van der Waals surface area contributed by atoms with Crippen molar-refractivity contribution in [3.63, 3.8) is 0 Å². The molecule has 0 aromatic carbocycles. The van der Waals surface area contributed by atoms with Gasteiger partial charge in [0.2, 0.25) is 5.91 Å². The Hall–Kier alpha value is -1.58. The average Bonchev–Trinajstić information content (AvgIpc) is 2.35. The van der Waals surface area contributed by atoms with Gasteiger partial charge in [-0.05, 0) is 25.5 Å². The molecule has 0 bridgehead atoms. The SMILES string of the molecule is CCCCCCC(C)Nc1ccc(C(N)=O)cn1. The number of anilines is 1. The average molecular weight is 249 g/mol. The fourth-order valence-electron chi connectivity index (χ4n) is 1.83. The number of nitrogens with zero attached hydrogens (tertiary/aromatic N) is 1. The fraction of sp³-hybridized carbons (Fsp3) is 0.571. The Balaban J connectivity index is 2.35. The number of hydrogen-bond donors (Lipinski definition) is 2. The van der Waals surface area contributed by atoms with E-state index in [-0.39, 0.29) is 0 Å².